The van der Waals surface area contributed by atoms with Crippen molar-refractivity contribution >= 4 is 34.2 Å². The van der Waals surface area contributed by atoms with Crippen molar-refractivity contribution in [1.82, 2.24) is 15.3 Å². The summed E-state index contributed by atoms with van der Waals surface area (Å²) in [4.78, 5) is 21.9. The van der Waals surface area contributed by atoms with Crippen molar-refractivity contribution in [3.8, 4) is 11.6 Å². The van der Waals surface area contributed by atoms with Crippen LogP contribution < -0.4 is 15.4 Å². The normalized spacial score (nSPS) is 17.8. The van der Waals surface area contributed by atoms with Crippen LogP contribution >= 0.6 is 11.6 Å². The molecule has 0 spiro atoms. The number of benzene rings is 2. The van der Waals surface area contributed by atoms with Gasteiger partial charge in [0.15, 0.2) is 0 Å². The lowest BCUT2D eigenvalue weighted by molar-refractivity contribution is 0.0923. The van der Waals surface area contributed by atoms with Gasteiger partial charge in [-0.1, -0.05) is 48.0 Å². The Balaban J connectivity index is 1.18. The van der Waals surface area contributed by atoms with Gasteiger partial charge in [-0.2, -0.15) is 0 Å². The van der Waals surface area contributed by atoms with E-state index < -0.39 is 0 Å². The van der Waals surface area contributed by atoms with Crippen LogP contribution in [0.3, 0.4) is 0 Å². The van der Waals surface area contributed by atoms with Crippen LogP contribution in [0.5, 0.6) is 11.6 Å². The molecule has 34 heavy (non-hydrogen) atoms. The SMILES string of the molecule is O=C(NC1CCC(Nc2cc(Cl)c3ccccc3n2)CC1)c1cccnc1Oc1ccccc1. The largest absolute Gasteiger partial charge is 0.438 e. The molecule has 1 aliphatic carbocycles. The van der Waals surface area contributed by atoms with Gasteiger partial charge in [0.2, 0.25) is 5.88 Å². The summed E-state index contributed by atoms with van der Waals surface area (Å²) in [6.07, 6.45) is 5.23. The summed E-state index contributed by atoms with van der Waals surface area (Å²) in [6, 6.07) is 23.0. The van der Waals surface area contributed by atoms with Crippen molar-refractivity contribution in [2.24, 2.45) is 0 Å². The molecule has 2 aromatic heterocycles. The van der Waals surface area contributed by atoms with Crippen molar-refractivity contribution < 1.29 is 9.53 Å². The van der Waals surface area contributed by atoms with E-state index in [4.69, 9.17) is 21.3 Å². The van der Waals surface area contributed by atoms with Crippen LogP contribution in [-0.2, 0) is 0 Å². The molecular weight excluding hydrogens is 448 g/mol. The lowest BCUT2D eigenvalue weighted by atomic mass is 9.91. The minimum Gasteiger partial charge on any atom is -0.438 e. The first kappa shape index (κ1) is 22.2. The molecule has 0 atom stereocenters. The lowest BCUT2D eigenvalue weighted by Crippen LogP contribution is -2.40. The summed E-state index contributed by atoms with van der Waals surface area (Å²) in [6.45, 7) is 0. The third kappa shape index (κ3) is 5.13. The van der Waals surface area contributed by atoms with Gasteiger partial charge >= 0.3 is 0 Å². The zero-order valence-corrected chi connectivity index (χ0v) is 19.3. The number of nitrogens with zero attached hydrogens (tertiary/aromatic N) is 2. The van der Waals surface area contributed by atoms with Gasteiger partial charge < -0.3 is 15.4 Å². The van der Waals surface area contributed by atoms with Gasteiger partial charge in [-0.05, 0) is 62.1 Å². The minimum atomic E-state index is -0.168. The summed E-state index contributed by atoms with van der Waals surface area (Å²) in [5.74, 6) is 1.57. The summed E-state index contributed by atoms with van der Waals surface area (Å²) in [5, 5.41) is 8.32. The molecule has 0 bridgehead atoms. The second-order valence-corrected chi connectivity index (χ2v) is 8.85. The van der Waals surface area contributed by atoms with E-state index in [9.17, 15) is 4.79 Å². The molecule has 4 aromatic rings. The quantitative estimate of drug-likeness (QED) is 0.348. The van der Waals surface area contributed by atoms with Gasteiger partial charge in [-0.3, -0.25) is 4.79 Å². The standard InChI is InChI=1S/C27H25ClN4O2/c28-23-17-25(32-24-11-5-4-9-21(23)24)30-18-12-14-19(15-13-18)31-26(33)22-10-6-16-29-27(22)34-20-7-2-1-3-8-20/h1-11,16-19H,12-15H2,(H,30,32)(H,31,33). The average molecular weight is 473 g/mol. The number of hydrogen-bond donors (Lipinski definition) is 2. The first-order chi connectivity index (χ1) is 16.7. The van der Waals surface area contributed by atoms with Crippen LogP contribution in [0.1, 0.15) is 36.0 Å². The highest BCUT2D eigenvalue weighted by atomic mass is 35.5. The highest BCUT2D eigenvalue weighted by Gasteiger charge is 2.24. The number of carbonyl (C=O) groups is 1. The molecule has 7 heteroatoms. The Morgan fingerprint density at radius 2 is 1.65 bits per heavy atom. The Morgan fingerprint density at radius 3 is 2.47 bits per heavy atom. The molecular formula is C27H25ClN4O2. The fourth-order valence-corrected chi connectivity index (χ4v) is 4.57. The number of aromatic nitrogens is 2. The Kier molecular flexibility index (Phi) is 6.58. The van der Waals surface area contributed by atoms with Crippen LogP contribution in [-0.4, -0.2) is 28.0 Å². The predicted octanol–water partition coefficient (Wildman–Crippen LogP) is 6.23. The molecule has 0 aliphatic heterocycles. The molecule has 0 radical (unpaired) electrons. The monoisotopic (exact) mass is 472 g/mol. The Hall–Kier alpha value is -3.64. The highest BCUT2D eigenvalue weighted by molar-refractivity contribution is 6.35. The number of fused-ring (bicyclic) bond motifs is 1. The van der Waals surface area contributed by atoms with E-state index in [0.717, 1.165) is 42.4 Å². The summed E-state index contributed by atoms with van der Waals surface area (Å²) in [7, 11) is 0. The molecule has 0 saturated heterocycles. The van der Waals surface area contributed by atoms with E-state index in [2.05, 4.69) is 15.6 Å². The van der Waals surface area contributed by atoms with Gasteiger partial charge in [0.25, 0.3) is 5.91 Å². The van der Waals surface area contributed by atoms with E-state index >= 15 is 0 Å². The molecule has 6 nitrogen and oxygen atoms in total. The third-order valence-electron chi connectivity index (χ3n) is 6.05. The number of anilines is 1. The maximum absolute atomic E-state index is 13.0. The fourth-order valence-electron chi connectivity index (χ4n) is 4.31. The third-order valence-corrected chi connectivity index (χ3v) is 6.37. The van der Waals surface area contributed by atoms with Gasteiger partial charge in [0.1, 0.15) is 17.1 Å². The zero-order chi connectivity index (χ0) is 23.3. The summed E-state index contributed by atoms with van der Waals surface area (Å²) in [5.41, 5.74) is 1.31. The average Bonchev–Trinajstić information content (AvgIpc) is 2.86. The second kappa shape index (κ2) is 10.1. The van der Waals surface area contributed by atoms with E-state index in [0.29, 0.717) is 22.2 Å². The number of ether oxygens (including phenoxy) is 1. The second-order valence-electron chi connectivity index (χ2n) is 8.44. The van der Waals surface area contributed by atoms with Crippen LogP contribution in [0.25, 0.3) is 10.9 Å². The molecule has 0 unspecified atom stereocenters. The van der Waals surface area contributed by atoms with Crippen molar-refractivity contribution in [2.75, 3.05) is 5.32 Å². The molecule has 2 N–H and O–H groups in total. The number of halogens is 1. The summed E-state index contributed by atoms with van der Waals surface area (Å²) < 4.78 is 5.84. The molecule has 1 aliphatic rings. The van der Waals surface area contributed by atoms with Gasteiger partial charge in [-0.15, -0.1) is 0 Å². The van der Waals surface area contributed by atoms with Gasteiger partial charge in [0, 0.05) is 23.7 Å². The van der Waals surface area contributed by atoms with E-state index in [1.807, 2.05) is 60.7 Å². The molecule has 5 rings (SSSR count). The first-order valence-electron chi connectivity index (χ1n) is 11.5. The topological polar surface area (TPSA) is 76.1 Å². The van der Waals surface area contributed by atoms with Gasteiger partial charge in [0.05, 0.1) is 10.5 Å². The first-order valence-corrected chi connectivity index (χ1v) is 11.8. The Bertz CT molecular complexity index is 1290. The van der Waals surface area contributed by atoms with Crippen LogP contribution in [0.4, 0.5) is 5.82 Å². The molecule has 1 amide bonds. The van der Waals surface area contributed by atoms with Crippen molar-refractivity contribution in [2.45, 2.75) is 37.8 Å². The van der Waals surface area contributed by atoms with Crippen molar-refractivity contribution in [3.05, 3.63) is 89.6 Å². The van der Waals surface area contributed by atoms with Crippen molar-refractivity contribution in [1.29, 1.82) is 0 Å². The number of hydrogen-bond acceptors (Lipinski definition) is 5. The smallest absolute Gasteiger partial charge is 0.257 e. The Morgan fingerprint density at radius 1 is 0.912 bits per heavy atom. The molecule has 2 heterocycles. The maximum atomic E-state index is 13.0. The molecule has 1 saturated carbocycles. The number of carbonyl (C=O) groups excluding carboxylic acids is 1. The van der Waals surface area contributed by atoms with Crippen molar-refractivity contribution in [3.63, 3.8) is 0 Å². The minimum absolute atomic E-state index is 0.100. The molecule has 172 valence electrons. The van der Waals surface area contributed by atoms with Crippen LogP contribution in [0.15, 0.2) is 79.0 Å². The van der Waals surface area contributed by atoms with E-state index in [-0.39, 0.29) is 18.0 Å². The van der Waals surface area contributed by atoms with Crippen LogP contribution in [0.2, 0.25) is 5.02 Å². The fraction of sp³-hybridized carbons (Fsp3) is 0.222. The zero-order valence-electron chi connectivity index (χ0n) is 18.6. The molecule has 1 fully saturated rings. The number of pyridine rings is 2. The van der Waals surface area contributed by atoms with E-state index in [1.165, 1.54) is 0 Å². The predicted molar refractivity (Wildman–Crippen MR) is 135 cm³/mol. The number of rotatable bonds is 6. The number of nitrogens with one attached hydrogen (secondary N) is 2. The maximum Gasteiger partial charge on any atom is 0.257 e. The summed E-state index contributed by atoms with van der Waals surface area (Å²) >= 11 is 6.44. The van der Waals surface area contributed by atoms with Crippen LogP contribution in [0, 0.1) is 0 Å². The molecule has 2 aromatic carbocycles. The van der Waals surface area contributed by atoms with E-state index in [1.54, 1.807) is 18.3 Å². The number of para-hydroxylation sites is 2. The van der Waals surface area contributed by atoms with Gasteiger partial charge in [-0.25, -0.2) is 9.97 Å². The Labute approximate surface area is 203 Å². The number of amides is 1. The lowest BCUT2D eigenvalue weighted by Gasteiger charge is -2.30. The highest BCUT2D eigenvalue weighted by Crippen LogP contribution is 2.28.